The number of nitrogens with two attached hydrogens (primary N) is 1. The van der Waals surface area contributed by atoms with Crippen molar-refractivity contribution in [2.24, 2.45) is 5.73 Å². The van der Waals surface area contributed by atoms with Crippen LogP contribution in [0.3, 0.4) is 0 Å². The van der Waals surface area contributed by atoms with Crippen molar-refractivity contribution in [1.82, 2.24) is 9.80 Å². The lowest BCUT2D eigenvalue weighted by Gasteiger charge is -2.34. The Morgan fingerprint density at radius 2 is 1.57 bits per heavy atom. The van der Waals surface area contributed by atoms with Crippen LogP contribution in [-0.4, -0.2) is 55.6 Å². The summed E-state index contributed by atoms with van der Waals surface area (Å²) in [6.45, 7) is 6.57. The zero-order valence-corrected chi connectivity index (χ0v) is 17.6. The molecule has 0 spiro atoms. The maximum atomic E-state index is 13.3. The van der Waals surface area contributed by atoms with Gasteiger partial charge in [-0.3, -0.25) is 4.90 Å². The zero-order valence-electron chi connectivity index (χ0n) is 16.8. The fourth-order valence-corrected chi connectivity index (χ4v) is 5.16. The molecule has 4 rings (SSSR count). The summed E-state index contributed by atoms with van der Waals surface area (Å²) >= 11 is 1.54. The van der Waals surface area contributed by atoms with Gasteiger partial charge in [-0.05, 0) is 47.4 Å². The Bertz CT molecular complexity index is 918. The van der Waals surface area contributed by atoms with E-state index in [4.69, 9.17) is 5.73 Å². The Morgan fingerprint density at radius 3 is 2.27 bits per heavy atom. The van der Waals surface area contributed by atoms with Gasteiger partial charge in [-0.15, -0.1) is 0 Å². The summed E-state index contributed by atoms with van der Waals surface area (Å²) in [5, 5.41) is 0. The Morgan fingerprint density at radius 1 is 0.900 bits per heavy atom. The van der Waals surface area contributed by atoms with E-state index in [0.717, 1.165) is 66.6 Å². The molecule has 0 aliphatic carbocycles. The van der Waals surface area contributed by atoms with Crippen molar-refractivity contribution in [1.29, 1.82) is 0 Å². The lowest BCUT2D eigenvalue weighted by Crippen LogP contribution is -2.47. The van der Waals surface area contributed by atoms with Crippen LogP contribution < -0.4 is 5.73 Å². The quantitative estimate of drug-likeness (QED) is 0.639. The van der Waals surface area contributed by atoms with Gasteiger partial charge in [0.25, 0.3) is 0 Å². The minimum absolute atomic E-state index is 0.594. The molecule has 0 atom stereocenters. The molecular formula is C23H26F3N3S. The lowest BCUT2D eigenvalue weighted by molar-refractivity contribution is -0.137. The number of rotatable bonds is 5. The Hall–Kier alpha value is -1.80. The van der Waals surface area contributed by atoms with E-state index in [2.05, 4.69) is 15.9 Å². The zero-order chi connectivity index (χ0) is 21.1. The van der Waals surface area contributed by atoms with Crippen molar-refractivity contribution < 1.29 is 13.2 Å². The molecule has 30 heavy (non-hydrogen) atoms. The van der Waals surface area contributed by atoms with Crippen LogP contribution in [0, 0.1) is 0 Å². The summed E-state index contributed by atoms with van der Waals surface area (Å²) in [6, 6.07) is 12.0. The highest BCUT2D eigenvalue weighted by molar-refractivity contribution is 7.99. The third-order valence-corrected chi connectivity index (χ3v) is 6.85. The van der Waals surface area contributed by atoms with E-state index in [-0.39, 0.29) is 0 Å². The first-order valence-electron chi connectivity index (χ1n) is 10.3. The lowest BCUT2D eigenvalue weighted by atomic mass is 9.94. The molecular weight excluding hydrogens is 407 g/mol. The molecule has 0 bridgehead atoms. The fourth-order valence-electron chi connectivity index (χ4n) is 4.08. The molecule has 2 aromatic rings. The molecule has 1 fully saturated rings. The SMILES string of the molecule is NCCN1CCN(CCC=C2c3ccccc3Sc3ccc(C(F)(F)F)cc32)CC1. The number of piperazine rings is 1. The molecule has 2 aromatic carbocycles. The molecule has 2 N–H and O–H groups in total. The van der Waals surface area contributed by atoms with Gasteiger partial charge in [-0.2, -0.15) is 13.2 Å². The Kier molecular flexibility index (Phi) is 6.53. The number of halogens is 3. The van der Waals surface area contributed by atoms with Crippen LogP contribution in [0.1, 0.15) is 23.1 Å². The first-order chi connectivity index (χ1) is 14.5. The van der Waals surface area contributed by atoms with Gasteiger partial charge in [0.05, 0.1) is 5.56 Å². The van der Waals surface area contributed by atoms with Crippen LogP contribution in [0.25, 0.3) is 5.57 Å². The summed E-state index contributed by atoms with van der Waals surface area (Å²) in [4.78, 5) is 6.76. The van der Waals surface area contributed by atoms with E-state index >= 15 is 0 Å². The number of hydrogen-bond acceptors (Lipinski definition) is 4. The third-order valence-electron chi connectivity index (χ3n) is 5.70. The number of fused-ring (bicyclic) bond motifs is 2. The fraction of sp³-hybridized carbons (Fsp3) is 0.391. The molecule has 0 unspecified atom stereocenters. The minimum atomic E-state index is -4.34. The van der Waals surface area contributed by atoms with E-state index in [1.807, 2.05) is 24.3 Å². The molecule has 1 saturated heterocycles. The van der Waals surface area contributed by atoms with Crippen molar-refractivity contribution in [2.75, 3.05) is 45.8 Å². The Balaban J connectivity index is 1.55. The van der Waals surface area contributed by atoms with Crippen molar-refractivity contribution in [3.8, 4) is 0 Å². The van der Waals surface area contributed by atoms with Crippen LogP contribution in [0.15, 0.2) is 58.3 Å². The van der Waals surface area contributed by atoms with Crippen molar-refractivity contribution in [2.45, 2.75) is 22.4 Å². The number of nitrogens with zero attached hydrogens (tertiary/aromatic N) is 2. The molecule has 0 saturated carbocycles. The molecule has 3 nitrogen and oxygen atoms in total. The molecule has 0 aromatic heterocycles. The second-order valence-electron chi connectivity index (χ2n) is 7.69. The van der Waals surface area contributed by atoms with Crippen molar-refractivity contribution in [3.05, 3.63) is 65.2 Å². The topological polar surface area (TPSA) is 32.5 Å². The maximum Gasteiger partial charge on any atom is 0.416 e. The highest BCUT2D eigenvalue weighted by Crippen LogP contribution is 2.47. The molecule has 2 aliphatic heterocycles. The predicted molar refractivity (Wildman–Crippen MR) is 116 cm³/mol. The second-order valence-corrected chi connectivity index (χ2v) is 8.77. The largest absolute Gasteiger partial charge is 0.416 e. The summed E-state index contributed by atoms with van der Waals surface area (Å²) in [5.41, 5.74) is 7.65. The molecule has 160 valence electrons. The van der Waals surface area contributed by atoms with E-state index in [9.17, 15) is 13.2 Å². The Labute approximate surface area is 179 Å². The first-order valence-corrected chi connectivity index (χ1v) is 11.1. The average molecular weight is 434 g/mol. The van der Waals surface area contributed by atoms with Crippen molar-refractivity contribution >= 4 is 17.3 Å². The minimum Gasteiger partial charge on any atom is -0.329 e. The highest BCUT2D eigenvalue weighted by Gasteiger charge is 2.32. The first kappa shape index (κ1) is 21.4. The average Bonchev–Trinajstić information content (AvgIpc) is 2.73. The standard InChI is InChI=1S/C23H26F3N3S/c24-23(25,26)17-7-8-22-20(16-17)18(19-4-1-2-6-21(19)30-22)5-3-10-28-12-14-29(11-9-27)15-13-28/h1-2,4-8,16H,3,9-15,27H2. The van der Waals surface area contributed by atoms with Crippen LogP contribution in [0.2, 0.25) is 0 Å². The monoisotopic (exact) mass is 433 g/mol. The van der Waals surface area contributed by atoms with E-state index in [1.54, 1.807) is 6.07 Å². The van der Waals surface area contributed by atoms with Gasteiger partial charge in [0, 0.05) is 55.6 Å². The van der Waals surface area contributed by atoms with E-state index in [0.29, 0.717) is 12.1 Å². The highest BCUT2D eigenvalue weighted by atomic mass is 32.2. The maximum absolute atomic E-state index is 13.3. The smallest absolute Gasteiger partial charge is 0.329 e. The van der Waals surface area contributed by atoms with Crippen molar-refractivity contribution in [3.63, 3.8) is 0 Å². The third kappa shape index (κ3) is 4.75. The van der Waals surface area contributed by atoms with Gasteiger partial charge in [0.2, 0.25) is 0 Å². The van der Waals surface area contributed by atoms with Gasteiger partial charge >= 0.3 is 6.18 Å². The van der Waals surface area contributed by atoms with Gasteiger partial charge in [-0.1, -0.05) is 36.0 Å². The molecule has 0 amide bonds. The number of alkyl halides is 3. The molecule has 0 radical (unpaired) electrons. The van der Waals surface area contributed by atoms with Crippen LogP contribution in [-0.2, 0) is 6.18 Å². The van der Waals surface area contributed by atoms with Gasteiger partial charge in [0.1, 0.15) is 0 Å². The normalized spacial score (nSPS) is 19.0. The second kappa shape index (κ2) is 9.14. The summed E-state index contributed by atoms with van der Waals surface area (Å²) in [7, 11) is 0. The van der Waals surface area contributed by atoms with E-state index < -0.39 is 11.7 Å². The molecule has 2 heterocycles. The van der Waals surface area contributed by atoms with Gasteiger partial charge in [-0.25, -0.2) is 0 Å². The van der Waals surface area contributed by atoms with Gasteiger partial charge in [0.15, 0.2) is 0 Å². The van der Waals surface area contributed by atoms with Gasteiger partial charge < -0.3 is 10.6 Å². The predicted octanol–water partition coefficient (Wildman–Crippen LogP) is 4.57. The van der Waals surface area contributed by atoms with Crippen LogP contribution in [0.4, 0.5) is 13.2 Å². The molecule has 2 aliphatic rings. The summed E-state index contributed by atoms with van der Waals surface area (Å²) in [5.74, 6) is 0. The molecule has 7 heteroatoms. The van der Waals surface area contributed by atoms with E-state index in [1.165, 1.54) is 23.9 Å². The summed E-state index contributed by atoms with van der Waals surface area (Å²) in [6.07, 6.45) is -1.42. The number of hydrogen-bond donors (Lipinski definition) is 1. The van der Waals surface area contributed by atoms with Crippen LogP contribution in [0.5, 0.6) is 0 Å². The summed E-state index contributed by atoms with van der Waals surface area (Å²) < 4.78 is 40.0. The van der Waals surface area contributed by atoms with Crippen LogP contribution >= 0.6 is 11.8 Å². The number of benzene rings is 2.